The van der Waals surface area contributed by atoms with Crippen LogP contribution in [0.2, 0.25) is 0 Å². The van der Waals surface area contributed by atoms with Crippen LogP contribution in [0.5, 0.6) is 0 Å². The van der Waals surface area contributed by atoms with Crippen molar-refractivity contribution in [1.29, 1.82) is 0 Å². The van der Waals surface area contributed by atoms with Crippen molar-refractivity contribution in [3.8, 4) is 5.69 Å². The number of rotatable bonds is 3. The average molecular weight is 469 g/mol. The molecule has 1 N–H and O–H groups in total. The second-order valence-electron chi connectivity index (χ2n) is 11.6. The molecular formula is C30H36N4O. The molecule has 182 valence electrons. The van der Waals surface area contributed by atoms with E-state index in [4.69, 9.17) is 4.98 Å². The van der Waals surface area contributed by atoms with Crippen molar-refractivity contribution in [2.45, 2.75) is 63.2 Å². The molecule has 2 aromatic carbocycles. The first-order chi connectivity index (χ1) is 17.1. The van der Waals surface area contributed by atoms with Crippen molar-refractivity contribution in [3.63, 3.8) is 0 Å². The van der Waals surface area contributed by atoms with E-state index in [2.05, 4.69) is 45.1 Å². The molecule has 3 aromatic rings. The highest BCUT2D eigenvalue weighted by Crippen LogP contribution is 2.52. The zero-order chi connectivity index (χ0) is 23.6. The third-order valence-electron chi connectivity index (χ3n) is 9.48. The second kappa shape index (κ2) is 8.28. The SMILES string of the molecule is Cc1cccc2c1c(=O)nc1n2-c2cc(C3CCN(CC4CNC4)CC3)ccc2C12CCCCC2. The number of aryl methyl sites for hydroxylation is 1. The van der Waals surface area contributed by atoms with Gasteiger partial charge in [-0.1, -0.05) is 43.5 Å². The molecule has 1 aliphatic carbocycles. The van der Waals surface area contributed by atoms with E-state index in [0.717, 1.165) is 41.1 Å². The molecular weight excluding hydrogens is 432 g/mol. The molecule has 5 heteroatoms. The summed E-state index contributed by atoms with van der Waals surface area (Å²) >= 11 is 0. The fourth-order valence-electron chi connectivity index (χ4n) is 7.45. The Bertz CT molecular complexity index is 1340. The van der Waals surface area contributed by atoms with Gasteiger partial charge in [-0.25, -0.2) is 0 Å². The van der Waals surface area contributed by atoms with Crippen LogP contribution in [-0.2, 0) is 5.41 Å². The number of likely N-dealkylation sites (tertiary alicyclic amines) is 1. The van der Waals surface area contributed by atoms with Crippen molar-refractivity contribution in [3.05, 3.63) is 69.3 Å². The predicted octanol–water partition coefficient (Wildman–Crippen LogP) is 4.66. The third kappa shape index (κ3) is 3.35. The van der Waals surface area contributed by atoms with Gasteiger partial charge in [0.15, 0.2) is 0 Å². The van der Waals surface area contributed by atoms with E-state index >= 15 is 0 Å². The Balaban J connectivity index is 1.31. The number of benzene rings is 2. The van der Waals surface area contributed by atoms with Crippen molar-refractivity contribution in [2.75, 3.05) is 32.7 Å². The zero-order valence-electron chi connectivity index (χ0n) is 20.9. The molecule has 7 rings (SSSR count). The Hall–Kier alpha value is -2.50. The van der Waals surface area contributed by atoms with E-state index in [-0.39, 0.29) is 11.0 Å². The highest BCUT2D eigenvalue weighted by atomic mass is 16.1. The molecule has 3 aliphatic heterocycles. The van der Waals surface area contributed by atoms with Gasteiger partial charge < -0.3 is 10.2 Å². The number of fused-ring (bicyclic) bond motifs is 7. The maximum Gasteiger partial charge on any atom is 0.281 e. The van der Waals surface area contributed by atoms with Crippen molar-refractivity contribution in [2.24, 2.45) is 5.92 Å². The van der Waals surface area contributed by atoms with Gasteiger partial charge in [0.05, 0.1) is 22.0 Å². The van der Waals surface area contributed by atoms with Crippen LogP contribution in [-0.4, -0.2) is 47.2 Å². The number of nitrogens with one attached hydrogen (secondary N) is 1. The van der Waals surface area contributed by atoms with Gasteiger partial charge >= 0.3 is 0 Å². The van der Waals surface area contributed by atoms with Crippen LogP contribution in [0, 0.1) is 12.8 Å². The lowest BCUT2D eigenvalue weighted by Gasteiger charge is -2.37. The van der Waals surface area contributed by atoms with Gasteiger partial charge in [0.1, 0.15) is 5.82 Å². The van der Waals surface area contributed by atoms with Crippen LogP contribution in [0.3, 0.4) is 0 Å². The molecule has 4 aliphatic rings. The number of aromatic nitrogens is 2. The van der Waals surface area contributed by atoms with Crippen LogP contribution >= 0.6 is 0 Å². The number of hydrogen-bond donors (Lipinski definition) is 1. The van der Waals surface area contributed by atoms with Gasteiger partial charge in [-0.3, -0.25) is 9.36 Å². The number of hydrogen-bond acceptors (Lipinski definition) is 4. The summed E-state index contributed by atoms with van der Waals surface area (Å²) in [5.74, 6) is 2.46. The minimum atomic E-state index is -0.108. The third-order valence-corrected chi connectivity index (χ3v) is 9.48. The molecule has 0 amide bonds. The summed E-state index contributed by atoms with van der Waals surface area (Å²) < 4.78 is 2.37. The summed E-state index contributed by atoms with van der Waals surface area (Å²) in [4.78, 5) is 20.7. The van der Waals surface area contributed by atoms with E-state index < -0.39 is 0 Å². The highest BCUT2D eigenvalue weighted by molar-refractivity contribution is 5.85. The van der Waals surface area contributed by atoms with Crippen molar-refractivity contribution in [1.82, 2.24) is 19.8 Å². The Morgan fingerprint density at radius 3 is 2.60 bits per heavy atom. The van der Waals surface area contributed by atoms with Crippen molar-refractivity contribution < 1.29 is 0 Å². The lowest BCUT2D eigenvalue weighted by Crippen LogP contribution is -2.49. The Kier molecular flexibility index (Phi) is 5.15. The van der Waals surface area contributed by atoms with Crippen LogP contribution in [0.4, 0.5) is 0 Å². The molecule has 3 fully saturated rings. The summed E-state index contributed by atoms with van der Waals surface area (Å²) in [6.07, 6.45) is 8.35. The van der Waals surface area contributed by atoms with Gasteiger partial charge in [0.25, 0.3) is 5.56 Å². The smallest absolute Gasteiger partial charge is 0.281 e. The Morgan fingerprint density at radius 1 is 1.06 bits per heavy atom. The van der Waals surface area contributed by atoms with Gasteiger partial charge in [0.2, 0.25) is 0 Å². The molecule has 1 aromatic heterocycles. The van der Waals surface area contributed by atoms with Gasteiger partial charge in [-0.05, 0) is 86.4 Å². The maximum atomic E-state index is 13.3. The first-order valence-corrected chi connectivity index (χ1v) is 13.7. The lowest BCUT2D eigenvalue weighted by molar-refractivity contribution is 0.158. The number of nitrogens with zero attached hydrogens (tertiary/aromatic N) is 3. The summed E-state index contributed by atoms with van der Waals surface area (Å²) in [7, 11) is 0. The zero-order valence-corrected chi connectivity index (χ0v) is 20.9. The molecule has 2 saturated heterocycles. The topological polar surface area (TPSA) is 50.2 Å². The molecule has 0 bridgehead atoms. The number of piperidine rings is 1. The predicted molar refractivity (Wildman–Crippen MR) is 141 cm³/mol. The Morgan fingerprint density at radius 2 is 1.86 bits per heavy atom. The largest absolute Gasteiger partial charge is 0.316 e. The highest BCUT2D eigenvalue weighted by Gasteiger charge is 2.46. The van der Waals surface area contributed by atoms with E-state index in [0.29, 0.717) is 5.92 Å². The standard InChI is InChI=1S/C30H36N4O/c1-20-6-5-7-25-27(20)28(35)32-29-30(12-3-2-4-13-30)24-9-8-23(16-26(24)34(25)29)22-10-14-33(15-11-22)19-21-17-31-18-21/h5-9,16,21-22,31H,2-4,10-15,17-19H2,1H3. The van der Waals surface area contributed by atoms with E-state index in [1.807, 2.05) is 13.0 Å². The molecule has 35 heavy (non-hydrogen) atoms. The lowest BCUT2D eigenvalue weighted by atomic mass is 9.69. The molecule has 0 atom stereocenters. The monoisotopic (exact) mass is 468 g/mol. The maximum absolute atomic E-state index is 13.3. The quantitative estimate of drug-likeness (QED) is 0.608. The first kappa shape index (κ1) is 21.8. The summed E-state index contributed by atoms with van der Waals surface area (Å²) in [6.45, 7) is 8.08. The van der Waals surface area contributed by atoms with Crippen molar-refractivity contribution >= 4 is 10.9 Å². The fourth-order valence-corrected chi connectivity index (χ4v) is 7.45. The van der Waals surface area contributed by atoms with E-state index in [1.54, 1.807) is 0 Å². The van der Waals surface area contributed by atoms with Crippen LogP contribution in [0.1, 0.15) is 73.4 Å². The molecule has 4 heterocycles. The molecule has 0 unspecified atom stereocenters. The average Bonchev–Trinajstić information content (AvgIpc) is 3.11. The fraction of sp³-hybridized carbons (Fsp3) is 0.533. The van der Waals surface area contributed by atoms with Gasteiger partial charge in [0, 0.05) is 19.6 Å². The van der Waals surface area contributed by atoms with Crippen LogP contribution < -0.4 is 10.9 Å². The van der Waals surface area contributed by atoms with Crippen LogP contribution in [0.25, 0.3) is 16.6 Å². The molecule has 1 spiro atoms. The normalized spacial score (nSPS) is 22.3. The molecule has 1 saturated carbocycles. The van der Waals surface area contributed by atoms with E-state index in [1.165, 1.54) is 81.6 Å². The van der Waals surface area contributed by atoms with Gasteiger partial charge in [-0.2, -0.15) is 4.98 Å². The van der Waals surface area contributed by atoms with Crippen LogP contribution in [0.15, 0.2) is 41.2 Å². The minimum absolute atomic E-state index is 0.0589. The minimum Gasteiger partial charge on any atom is -0.316 e. The second-order valence-corrected chi connectivity index (χ2v) is 11.6. The summed E-state index contributed by atoms with van der Waals surface area (Å²) in [6, 6.07) is 13.5. The molecule has 0 radical (unpaired) electrons. The summed E-state index contributed by atoms with van der Waals surface area (Å²) in [5.41, 5.74) is 6.03. The Labute approximate surface area is 207 Å². The van der Waals surface area contributed by atoms with Gasteiger partial charge in [-0.15, -0.1) is 0 Å². The first-order valence-electron chi connectivity index (χ1n) is 13.7. The summed E-state index contributed by atoms with van der Waals surface area (Å²) in [5, 5.41) is 4.18. The molecule has 5 nitrogen and oxygen atoms in total. The van der Waals surface area contributed by atoms with E-state index in [9.17, 15) is 4.79 Å².